The van der Waals surface area contributed by atoms with E-state index in [1.807, 2.05) is 0 Å². The fourth-order valence-electron chi connectivity index (χ4n) is 2.12. The number of aromatic nitrogens is 1. The lowest BCUT2D eigenvalue weighted by atomic mass is 10.0. The zero-order valence-electron chi connectivity index (χ0n) is 10.4. The molecule has 2 nitrogen and oxygen atoms in total. The average Bonchev–Trinajstić information content (AvgIpc) is 2.86. The number of carbonyl (C=O) groups is 1. The average molecular weight is 354 g/mol. The maximum atomic E-state index is 13.2. The van der Waals surface area contributed by atoms with Crippen LogP contribution in [0.1, 0.15) is 15.9 Å². The fraction of sp³-hybridized carbons (Fsp3) is 0. The van der Waals surface area contributed by atoms with Gasteiger partial charge in [-0.2, -0.15) is 0 Å². The molecular weight excluding hydrogens is 347 g/mol. The molecule has 0 aliphatic heterocycles. The van der Waals surface area contributed by atoms with Gasteiger partial charge in [0.05, 0.1) is 0 Å². The molecule has 3 aromatic rings. The number of halogens is 4. The van der Waals surface area contributed by atoms with E-state index in [2.05, 4.69) is 20.9 Å². The van der Waals surface area contributed by atoms with Gasteiger partial charge in [-0.15, -0.1) is 0 Å². The molecule has 0 atom stereocenters. The first-order valence-electron chi connectivity index (χ1n) is 5.93. The normalized spacial score (nSPS) is 11.0. The van der Waals surface area contributed by atoms with Crippen molar-refractivity contribution in [1.82, 2.24) is 4.98 Å². The van der Waals surface area contributed by atoms with Crippen LogP contribution in [0.5, 0.6) is 0 Å². The van der Waals surface area contributed by atoms with E-state index in [-0.39, 0.29) is 11.1 Å². The van der Waals surface area contributed by atoms with Crippen LogP contribution in [0.4, 0.5) is 13.2 Å². The molecule has 6 heteroatoms. The molecule has 3 rings (SSSR count). The van der Waals surface area contributed by atoms with E-state index >= 15 is 0 Å². The number of H-pyrrole nitrogens is 1. The summed E-state index contributed by atoms with van der Waals surface area (Å²) in [5.41, 5.74) is 0.730. The van der Waals surface area contributed by atoms with Gasteiger partial charge in [-0.1, -0.05) is 15.9 Å². The van der Waals surface area contributed by atoms with Crippen LogP contribution in [0.25, 0.3) is 10.9 Å². The Morgan fingerprint density at radius 1 is 1.05 bits per heavy atom. The molecule has 0 saturated heterocycles. The van der Waals surface area contributed by atoms with Crippen molar-refractivity contribution < 1.29 is 18.0 Å². The molecule has 1 aromatic heterocycles. The summed E-state index contributed by atoms with van der Waals surface area (Å²) in [6.07, 6.45) is 1.46. The highest BCUT2D eigenvalue weighted by atomic mass is 79.9. The molecule has 0 fully saturated rings. The molecule has 0 spiro atoms. The number of rotatable bonds is 2. The SMILES string of the molecule is O=C(c1cc(F)c(F)c(F)c1)c1c[nH]c2ccc(Br)cc12. The Bertz CT molecular complexity index is 849. The molecule has 1 heterocycles. The molecular formula is C15H7BrF3NO. The summed E-state index contributed by atoms with van der Waals surface area (Å²) in [6, 6.07) is 6.66. The van der Waals surface area contributed by atoms with E-state index < -0.39 is 23.2 Å². The summed E-state index contributed by atoms with van der Waals surface area (Å²) in [5, 5.41) is 0.611. The molecule has 0 aliphatic rings. The van der Waals surface area contributed by atoms with E-state index in [1.54, 1.807) is 18.2 Å². The summed E-state index contributed by atoms with van der Waals surface area (Å²) >= 11 is 3.29. The summed E-state index contributed by atoms with van der Waals surface area (Å²) in [6.45, 7) is 0. The van der Waals surface area contributed by atoms with Gasteiger partial charge in [0.1, 0.15) is 0 Å². The highest BCUT2D eigenvalue weighted by Crippen LogP contribution is 2.25. The van der Waals surface area contributed by atoms with Gasteiger partial charge in [-0.25, -0.2) is 13.2 Å². The van der Waals surface area contributed by atoms with Crippen LogP contribution in [-0.4, -0.2) is 10.8 Å². The maximum absolute atomic E-state index is 13.2. The molecule has 0 bridgehead atoms. The Morgan fingerprint density at radius 2 is 1.71 bits per heavy atom. The zero-order valence-corrected chi connectivity index (χ0v) is 12.0. The van der Waals surface area contributed by atoms with E-state index in [1.165, 1.54) is 6.20 Å². The second-order valence-corrected chi connectivity index (χ2v) is 5.39. The van der Waals surface area contributed by atoms with E-state index in [0.29, 0.717) is 23.0 Å². The van der Waals surface area contributed by atoms with Crippen molar-refractivity contribution in [2.45, 2.75) is 0 Å². The van der Waals surface area contributed by atoms with Gasteiger partial charge >= 0.3 is 0 Å². The number of fused-ring (bicyclic) bond motifs is 1. The Kier molecular flexibility index (Phi) is 3.33. The number of aromatic amines is 1. The van der Waals surface area contributed by atoms with Crippen LogP contribution in [0.2, 0.25) is 0 Å². The van der Waals surface area contributed by atoms with Crippen molar-refractivity contribution in [1.29, 1.82) is 0 Å². The van der Waals surface area contributed by atoms with Crippen molar-refractivity contribution in [3.05, 3.63) is 69.6 Å². The Balaban J connectivity index is 2.15. The quantitative estimate of drug-likeness (QED) is 0.530. The van der Waals surface area contributed by atoms with Crippen LogP contribution in [0.3, 0.4) is 0 Å². The molecule has 21 heavy (non-hydrogen) atoms. The van der Waals surface area contributed by atoms with Crippen LogP contribution >= 0.6 is 15.9 Å². The van der Waals surface area contributed by atoms with Gasteiger partial charge in [-0.3, -0.25) is 4.79 Å². The minimum absolute atomic E-state index is 0.243. The highest BCUT2D eigenvalue weighted by molar-refractivity contribution is 9.10. The van der Waals surface area contributed by atoms with E-state index in [9.17, 15) is 18.0 Å². The third-order valence-corrected chi connectivity index (χ3v) is 3.63. The lowest BCUT2D eigenvalue weighted by Gasteiger charge is -2.02. The lowest BCUT2D eigenvalue weighted by Crippen LogP contribution is -2.04. The Labute approximate surface area is 125 Å². The van der Waals surface area contributed by atoms with E-state index in [4.69, 9.17) is 0 Å². The minimum Gasteiger partial charge on any atom is -0.360 e. The number of carbonyl (C=O) groups excluding carboxylic acids is 1. The molecule has 2 aromatic carbocycles. The van der Waals surface area contributed by atoms with Gasteiger partial charge in [0, 0.05) is 32.7 Å². The predicted octanol–water partition coefficient (Wildman–Crippen LogP) is 4.58. The van der Waals surface area contributed by atoms with Crippen LogP contribution in [0.15, 0.2) is 41.0 Å². The van der Waals surface area contributed by atoms with Gasteiger partial charge in [0.25, 0.3) is 0 Å². The molecule has 0 amide bonds. The first kappa shape index (κ1) is 13.9. The Morgan fingerprint density at radius 3 is 2.38 bits per heavy atom. The number of ketones is 1. The van der Waals surface area contributed by atoms with Crippen LogP contribution in [-0.2, 0) is 0 Å². The summed E-state index contributed by atoms with van der Waals surface area (Å²) in [7, 11) is 0. The first-order valence-corrected chi connectivity index (χ1v) is 6.72. The third kappa shape index (κ3) is 2.35. The van der Waals surface area contributed by atoms with Gasteiger partial charge in [-0.05, 0) is 30.3 Å². The summed E-state index contributed by atoms with van der Waals surface area (Å²) < 4.78 is 40.2. The first-order chi connectivity index (χ1) is 9.97. The zero-order chi connectivity index (χ0) is 15.1. The molecule has 0 aliphatic carbocycles. The van der Waals surface area contributed by atoms with Crippen molar-refractivity contribution in [2.24, 2.45) is 0 Å². The smallest absolute Gasteiger partial charge is 0.195 e. The fourth-order valence-corrected chi connectivity index (χ4v) is 2.48. The Hall–Kier alpha value is -2.08. The number of benzene rings is 2. The third-order valence-electron chi connectivity index (χ3n) is 3.13. The minimum atomic E-state index is -1.59. The standard InChI is InChI=1S/C15H7BrF3NO/c16-8-1-2-13-9(5-8)10(6-20-13)15(21)7-3-11(17)14(19)12(18)4-7/h1-6,20H. The molecule has 0 unspecified atom stereocenters. The molecule has 1 N–H and O–H groups in total. The largest absolute Gasteiger partial charge is 0.360 e. The number of hydrogen-bond acceptors (Lipinski definition) is 1. The molecule has 0 radical (unpaired) electrons. The molecule has 0 saturated carbocycles. The topological polar surface area (TPSA) is 32.9 Å². The van der Waals surface area contributed by atoms with E-state index in [0.717, 1.165) is 4.47 Å². The number of nitrogens with one attached hydrogen (secondary N) is 1. The molecule has 106 valence electrons. The summed E-state index contributed by atoms with van der Waals surface area (Å²) in [4.78, 5) is 15.3. The second kappa shape index (κ2) is 5.04. The van der Waals surface area contributed by atoms with Crippen LogP contribution in [0, 0.1) is 17.5 Å². The maximum Gasteiger partial charge on any atom is 0.195 e. The highest BCUT2D eigenvalue weighted by Gasteiger charge is 2.19. The second-order valence-electron chi connectivity index (χ2n) is 4.48. The van der Waals surface area contributed by atoms with Crippen molar-refractivity contribution >= 4 is 32.6 Å². The lowest BCUT2D eigenvalue weighted by molar-refractivity contribution is 0.103. The number of hydrogen-bond donors (Lipinski definition) is 1. The predicted molar refractivity (Wildman–Crippen MR) is 75.7 cm³/mol. The van der Waals surface area contributed by atoms with Gasteiger partial charge in [0.15, 0.2) is 23.2 Å². The summed E-state index contributed by atoms with van der Waals surface area (Å²) in [5.74, 6) is -4.95. The van der Waals surface area contributed by atoms with Gasteiger partial charge in [0.2, 0.25) is 0 Å². The van der Waals surface area contributed by atoms with Crippen molar-refractivity contribution in [3.63, 3.8) is 0 Å². The van der Waals surface area contributed by atoms with Crippen molar-refractivity contribution in [2.75, 3.05) is 0 Å². The van der Waals surface area contributed by atoms with Gasteiger partial charge < -0.3 is 4.98 Å². The monoisotopic (exact) mass is 353 g/mol. The van der Waals surface area contributed by atoms with Crippen molar-refractivity contribution in [3.8, 4) is 0 Å². The van der Waals surface area contributed by atoms with Crippen LogP contribution < -0.4 is 0 Å².